The fourth-order valence-electron chi connectivity index (χ4n) is 1.08. The molecule has 0 aromatic rings. The van der Waals surface area contributed by atoms with Gasteiger partial charge in [0.05, 0.1) is 13.2 Å². The van der Waals surface area contributed by atoms with Gasteiger partial charge in [0.2, 0.25) is 0 Å². The normalized spacial score (nSPS) is 39.0. The maximum atomic E-state index is 5.32. The maximum Gasteiger partial charge on any atom is 0.0619 e. The van der Waals surface area contributed by atoms with E-state index < -0.39 is 0 Å². The summed E-state index contributed by atoms with van der Waals surface area (Å²) in [5, 5.41) is 0. The molecule has 2 atom stereocenters. The van der Waals surface area contributed by atoms with Crippen LogP contribution >= 0.6 is 0 Å². The van der Waals surface area contributed by atoms with Crippen molar-refractivity contribution in [2.24, 2.45) is 0 Å². The molecule has 1 unspecified atom stereocenters. The van der Waals surface area contributed by atoms with Gasteiger partial charge in [-0.1, -0.05) is 0 Å². The lowest BCUT2D eigenvalue weighted by molar-refractivity contribution is -0.0227. The van der Waals surface area contributed by atoms with Crippen LogP contribution in [-0.2, 0) is 4.74 Å². The average Bonchev–Trinajstić information content (AvgIpc) is 1.83. The third-order valence-electron chi connectivity index (χ3n) is 2.11. The van der Waals surface area contributed by atoms with Crippen molar-refractivity contribution in [1.29, 1.82) is 0 Å². The minimum atomic E-state index is 0.591. The summed E-state index contributed by atoms with van der Waals surface area (Å²) in [6.07, 6.45) is 0. The molecule has 54 valence electrons. The van der Waals surface area contributed by atoms with Gasteiger partial charge in [0.1, 0.15) is 0 Å². The number of hydrogen-bond donors (Lipinski definition) is 0. The van der Waals surface area contributed by atoms with E-state index in [1.54, 1.807) is 0 Å². The van der Waals surface area contributed by atoms with Gasteiger partial charge in [0.25, 0.3) is 0 Å². The summed E-state index contributed by atoms with van der Waals surface area (Å²) >= 11 is 0. The summed E-state index contributed by atoms with van der Waals surface area (Å²) < 4.78 is 5.32. The molecule has 0 aliphatic carbocycles. The van der Waals surface area contributed by atoms with Crippen molar-refractivity contribution < 1.29 is 4.74 Å². The van der Waals surface area contributed by atoms with E-state index >= 15 is 0 Å². The van der Waals surface area contributed by atoms with Gasteiger partial charge in [0.15, 0.2) is 0 Å². The highest BCUT2D eigenvalue weighted by Crippen LogP contribution is 2.08. The van der Waals surface area contributed by atoms with Crippen LogP contribution in [0, 0.1) is 0 Å². The van der Waals surface area contributed by atoms with Crippen molar-refractivity contribution in [1.82, 2.24) is 4.90 Å². The molecule has 1 saturated heterocycles. The number of hydrogen-bond acceptors (Lipinski definition) is 2. The van der Waals surface area contributed by atoms with Crippen molar-refractivity contribution >= 4 is 0 Å². The predicted octanol–water partition coefficient (Wildman–Crippen LogP) is 0.725. The van der Waals surface area contributed by atoms with Gasteiger partial charge in [-0.3, -0.25) is 4.90 Å². The molecule has 1 aliphatic rings. The van der Waals surface area contributed by atoms with Gasteiger partial charge in [-0.15, -0.1) is 0 Å². The van der Waals surface area contributed by atoms with E-state index in [1.807, 2.05) is 0 Å². The molecule has 0 saturated carbocycles. The fourth-order valence-corrected chi connectivity index (χ4v) is 1.08. The first kappa shape index (κ1) is 7.03. The van der Waals surface area contributed by atoms with E-state index in [2.05, 4.69) is 25.8 Å². The Morgan fingerprint density at radius 1 is 1.22 bits per heavy atom. The van der Waals surface area contributed by atoms with Gasteiger partial charge in [-0.05, 0) is 20.9 Å². The van der Waals surface area contributed by atoms with Gasteiger partial charge in [0, 0.05) is 12.1 Å². The average molecular weight is 129 g/mol. The van der Waals surface area contributed by atoms with Crippen LogP contribution in [0.4, 0.5) is 0 Å². The van der Waals surface area contributed by atoms with Crippen LogP contribution in [0.15, 0.2) is 0 Å². The number of likely N-dealkylation sites (N-methyl/N-ethyl adjacent to an activating group) is 1. The molecule has 0 aromatic heterocycles. The molecule has 0 N–H and O–H groups in total. The first-order chi connectivity index (χ1) is 4.22. The molecule has 0 aromatic carbocycles. The quantitative estimate of drug-likeness (QED) is 0.478. The number of rotatable bonds is 0. The number of ether oxygens (including phenoxy) is 1. The fraction of sp³-hybridized carbons (Fsp3) is 1.00. The first-order valence-electron chi connectivity index (χ1n) is 3.51. The van der Waals surface area contributed by atoms with Crippen molar-refractivity contribution in [2.75, 3.05) is 20.3 Å². The summed E-state index contributed by atoms with van der Waals surface area (Å²) in [5.74, 6) is 0. The van der Waals surface area contributed by atoms with Crippen molar-refractivity contribution in [2.45, 2.75) is 25.9 Å². The molecule has 1 fully saturated rings. The molecule has 0 amide bonds. The Kier molecular flexibility index (Phi) is 2.09. The Balaban J connectivity index is 2.41. The second-order valence-corrected chi connectivity index (χ2v) is 2.90. The molecule has 1 rings (SSSR count). The Hall–Kier alpha value is -0.0800. The summed E-state index contributed by atoms with van der Waals surface area (Å²) in [6, 6.07) is 1.18. The largest absolute Gasteiger partial charge is 0.378 e. The lowest BCUT2D eigenvalue weighted by atomic mass is 10.2. The molecular weight excluding hydrogens is 114 g/mol. The number of morpholine rings is 1. The third kappa shape index (κ3) is 1.43. The Bertz CT molecular complexity index is 84.9. The molecule has 1 heterocycles. The molecule has 2 nitrogen and oxygen atoms in total. The van der Waals surface area contributed by atoms with Gasteiger partial charge in [-0.2, -0.15) is 0 Å². The molecule has 0 spiro atoms. The first-order valence-corrected chi connectivity index (χ1v) is 3.51. The Morgan fingerprint density at radius 2 is 1.67 bits per heavy atom. The molecule has 0 bridgehead atoms. The molecule has 1 aliphatic heterocycles. The van der Waals surface area contributed by atoms with Gasteiger partial charge < -0.3 is 4.74 Å². The molecule has 9 heavy (non-hydrogen) atoms. The highest BCUT2D eigenvalue weighted by atomic mass is 16.5. The SMILES string of the molecule is CC1COC[C@@H](C)N1C. The van der Waals surface area contributed by atoms with Crippen LogP contribution in [0.25, 0.3) is 0 Å². The number of nitrogens with zero attached hydrogens (tertiary/aromatic N) is 1. The molecular formula is C7H15NO. The van der Waals surface area contributed by atoms with Crippen molar-refractivity contribution in [3.05, 3.63) is 0 Å². The van der Waals surface area contributed by atoms with Crippen LogP contribution in [0.3, 0.4) is 0 Å². The van der Waals surface area contributed by atoms with Gasteiger partial charge in [-0.25, -0.2) is 0 Å². The van der Waals surface area contributed by atoms with E-state index in [9.17, 15) is 0 Å². The van der Waals surface area contributed by atoms with Crippen LogP contribution < -0.4 is 0 Å². The standard InChI is InChI=1S/C7H15NO/c1-6-4-9-5-7(2)8(6)3/h6-7H,4-5H2,1-3H3/t6-,7?/m1/s1. The Morgan fingerprint density at radius 3 is 2.00 bits per heavy atom. The zero-order chi connectivity index (χ0) is 6.85. The smallest absolute Gasteiger partial charge is 0.0619 e. The van der Waals surface area contributed by atoms with Crippen molar-refractivity contribution in [3.63, 3.8) is 0 Å². The van der Waals surface area contributed by atoms with Crippen LogP contribution in [0.2, 0.25) is 0 Å². The van der Waals surface area contributed by atoms with E-state index in [0.717, 1.165) is 13.2 Å². The predicted molar refractivity (Wildman–Crippen MR) is 37.5 cm³/mol. The molecule has 2 heteroatoms. The zero-order valence-electron chi connectivity index (χ0n) is 6.42. The van der Waals surface area contributed by atoms with Crippen LogP contribution in [0.5, 0.6) is 0 Å². The molecule has 0 radical (unpaired) electrons. The third-order valence-corrected chi connectivity index (χ3v) is 2.11. The topological polar surface area (TPSA) is 12.5 Å². The summed E-state index contributed by atoms with van der Waals surface area (Å²) in [6.45, 7) is 6.16. The maximum absolute atomic E-state index is 5.32. The van der Waals surface area contributed by atoms with E-state index in [4.69, 9.17) is 4.74 Å². The van der Waals surface area contributed by atoms with E-state index in [1.165, 1.54) is 0 Å². The van der Waals surface area contributed by atoms with E-state index in [-0.39, 0.29) is 0 Å². The monoisotopic (exact) mass is 129 g/mol. The van der Waals surface area contributed by atoms with Crippen LogP contribution in [0.1, 0.15) is 13.8 Å². The summed E-state index contributed by atoms with van der Waals surface area (Å²) in [4.78, 5) is 2.35. The lowest BCUT2D eigenvalue weighted by Gasteiger charge is -2.35. The zero-order valence-corrected chi connectivity index (χ0v) is 6.42. The lowest BCUT2D eigenvalue weighted by Crippen LogP contribution is -2.46. The minimum absolute atomic E-state index is 0.591. The van der Waals surface area contributed by atoms with E-state index in [0.29, 0.717) is 12.1 Å². The summed E-state index contributed by atoms with van der Waals surface area (Å²) in [7, 11) is 2.15. The minimum Gasteiger partial charge on any atom is -0.378 e. The highest BCUT2D eigenvalue weighted by molar-refractivity contribution is 4.73. The summed E-state index contributed by atoms with van der Waals surface area (Å²) in [5.41, 5.74) is 0. The second kappa shape index (κ2) is 2.67. The second-order valence-electron chi connectivity index (χ2n) is 2.90. The Labute approximate surface area is 56.8 Å². The van der Waals surface area contributed by atoms with Gasteiger partial charge >= 0.3 is 0 Å². The van der Waals surface area contributed by atoms with Crippen LogP contribution in [-0.4, -0.2) is 37.2 Å². The van der Waals surface area contributed by atoms with Crippen molar-refractivity contribution in [3.8, 4) is 0 Å². The highest BCUT2D eigenvalue weighted by Gasteiger charge is 2.20.